The summed E-state index contributed by atoms with van der Waals surface area (Å²) in [7, 11) is 1.99. The van der Waals surface area contributed by atoms with Crippen molar-refractivity contribution in [2.24, 2.45) is 0 Å². The minimum Gasteiger partial charge on any atom is -0.472 e. The Hall–Kier alpha value is -0.450. The molecule has 0 spiro atoms. The highest BCUT2D eigenvalue weighted by atomic mass is 32.2. The molecule has 0 aromatic carbocycles. The van der Waals surface area contributed by atoms with Crippen LogP contribution in [0.15, 0.2) is 23.0 Å². The van der Waals surface area contributed by atoms with Gasteiger partial charge in [-0.05, 0) is 25.1 Å². The Morgan fingerprint density at radius 2 is 2.60 bits per heavy atom. The maximum Gasteiger partial charge on any atom is 0.0935 e. The third-order valence-corrected chi connectivity index (χ3v) is 3.72. The van der Waals surface area contributed by atoms with Gasteiger partial charge in [-0.25, -0.2) is 0 Å². The molecular weight excluding hydrogens is 210 g/mol. The van der Waals surface area contributed by atoms with Crippen molar-refractivity contribution in [3.63, 3.8) is 0 Å². The summed E-state index contributed by atoms with van der Waals surface area (Å²) >= 11 is 1.97. The number of furan rings is 1. The Morgan fingerprint density at radius 1 is 1.67 bits per heavy atom. The van der Waals surface area contributed by atoms with Gasteiger partial charge in [0.05, 0.1) is 25.2 Å². The first-order valence-electron chi connectivity index (χ1n) is 5.28. The molecule has 0 bridgehead atoms. The summed E-state index contributed by atoms with van der Waals surface area (Å²) in [6, 6.07) is 2.40. The van der Waals surface area contributed by atoms with Crippen molar-refractivity contribution >= 4 is 11.8 Å². The van der Waals surface area contributed by atoms with E-state index in [-0.39, 0.29) is 0 Å². The van der Waals surface area contributed by atoms with Gasteiger partial charge >= 0.3 is 0 Å². The van der Waals surface area contributed by atoms with E-state index < -0.39 is 0 Å². The van der Waals surface area contributed by atoms with Crippen molar-refractivity contribution in [3.8, 4) is 0 Å². The summed E-state index contributed by atoms with van der Waals surface area (Å²) in [5.41, 5.74) is 1.23. The van der Waals surface area contributed by atoms with Crippen molar-refractivity contribution in [2.45, 2.75) is 18.6 Å². The Balaban J connectivity index is 1.91. The van der Waals surface area contributed by atoms with Gasteiger partial charge in [0.25, 0.3) is 0 Å². The SMILES string of the molecule is CNC(Cc1ccoc1)C1CSCCO1. The van der Waals surface area contributed by atoms with Crippen LogP contribution in [0.4, 0.5) is 0 Å². The summed E-state index contributed by atoms with van der Waals surface area (Å²) in [5, 5.41) is 3.33. The summed E-state index contributed by atoms with van der Waals surface area (Å²) in [6.45, 7) is 0.874. The largest absolute Gasteiger partial charge is 0.472 e. The molecule has 3 nitrogen and oxygen atoms in total. The van der Waals surface area contributed by atoms with Crippen LogP contribution >= 0.6 is 11.8 Å². The van der Waals surface area contributed by atoms with Gasteiger partial charge in [-0.15, -0.1) is 0 Å². The molecule has 0 aliphatic carbocycles. The molecule has 1 fully saturated rings. The number of nitrogens with one attached hydrogen (secondary N) is 1. The molecule has 1 saturated heterocycles. The predicted molar refractivity (Wildman–Crippen MR) is 62.3 cm³/mol. The highest BCUT2D eigenvalue weighted by molar-refractivity contribution is 7.99. The Labute approximate surface area is 94.6 Å². The van der Waals surface area contributed by atoms with Crippen LogP contribution in [0.25, 0.3) is 0 Å². The monoisotopic (exact) mass is 227 g/mol. The second-order valence-electron chi connectivity index (χ2n) is 3.72. The molecule has 1 N–H and O–H groups in total. The lowest BCUT2D eigenvalue weighted by atomic mass is 10.0. The van der Waals surface area contributed by atoms with Gasteiger partial charge < -0.3 is 14.5 Å². The molecular formula is C11H17NO2S. The first-order chi connectivity index (χ1) is 7.40. The van der Waals surface area contributed by atoms with E-state index in [0.717, 1.165) is 24.5 Å². The number of likely N-dealkylation sites (N-methyl/N-ethyl adjacent to an activating group) is 1. The molecule has 1 aliphatic rings. The van der Waals surface area contributed by atoms with Gasteiger partial charge in [0.2, 0.25) is 0 Å². The molecule has 1 aromatic rings. The van der Waals surface area contributed by atoms with Crippen LogP contribution in [0.2, 0.25) is 0 Å². The van der Waals surface area contributed by atoms with Gasteiger partial charge in [0.15, 0.2) is 0 Å². The highest BCUT2D eigenvalue weighted by Gasteiger charge is 2.23. The van der Waals surface area contributed by atoms with E-state index in [4.69, 9.17) is 9.15 Å². The fourth-order valence-corrected chi connectivity index (χ4v) is 2.76. The van der Waals surface area contributed by atoms with E-state index in [9.17, 15) is 0 Å². The zero-order valence-corrected chi connectivity index (χ0v) is 9.76. The minimum atomic E-state index is 0.323. The number of ether oxygens (including phenoxy) is 1. The summed E-state index contributed by atoms with van der Waals surface area (Å²) in [4.78, 5) is 0. The van der Waals surface area contributed by atoms with E-state index in [1.165, 1.54) is 5.56 Å². The van der Waals surface area contributed by atoms with Crippen LogP contribution in [0.5, 0.6) is 0 Å². The van der Waals surface area contributed by atoms with Gasteiger partial charge in [0.1, 0.15) is 0 Å². The molecule has 2 unspecified atom stereocenters. The summed E-state index contributed by atoms with van der Waals surface area (Å²) in [5.74, 6) is 2.21. The van der Waals surface area contributed by atoms with Crippen LogP contribution < -0.4 is 5.32 Å². The standard InChI is InChI=1S/C11H17NO2S/c1-12-10(6-9-2-3-13-7-9)11-8-15-5-4-14-11/h2-3,7,10-12H,4-6,8H2,1H3. The lowest BCUT2D eigenvalue weighted by Crippen LogP contribution is -2.44. The second kappa shape index (κ2) is 5.58. The zero-order valence-electron chi connectivity index (χ0n) is 8.94. The van der Waals surface area contributed by atoms with E-state index in [0.29, 0.717) is 12.1 Å². The topological polar surface area (TPSA) is 34.4 Å². The molecule has 1 aromatic heterocycles. The first-order valence-corrected chi connectivity index (χ1v) is 6.43. The maximum atomic E-state index is 5.77. The van der Waals surface area contributed by atoms with Crippen LogP contribution in [-0.4, -0.2) is 37.3 Å². The summed E-state index contributed by atoms with van der Waals surface area (Å²) in [6.07, 6.45) is 4.82. The third kappa shape index (κ3) is 3.00. The molecule has 0 saturated carbocycles. The van der Waals surface area contributed by atoms with E-state index in [2.05, 4.69) is 5.32 Å². The molecule has 0 radical (unpaired) electrons. The number of hydrogen-bond acceptors (Lipinski definition) is 4. The fraction of sp³-hybridized carbons (Fsp3) is 0.636. The smallest absolute Gasteiger partial charge is 0.0935 e. The predicted octanol–water partition coefficient (Wildman–Crippen LogP) is 1.54. The van der Waals surface area contributed by atoms with Crippen molar-refractivity contribution in [1.82, 2.24) is 5.32 Å². The van der Waals surface area contributed by atoms with Crippen LogP contribution in [0.3, 0.4) is 0 Å². The Kier molecular flexibility index (Phi) is 4.11. The molecule has 2 rings (SSSR count). The normalized spacial score (nSPS) is 23.9. The highest BCUT2D eigenvalue weighted by Crippen LogP contribution is 2.18. The van der Waals surface area contributed by atoms with Gasteiger partial charge in [-0.3, -0.25) is 0 Å². The van der Waals surface area contributed by atoms with Crippen LogP contribution in [0.1, 0.15) is 5.56 Å². The van der Waals surface area contributed by atoms with E-state index in [1.54, 1.807) is 12.5 Å². The van der Waals surface area contributed by atoms with Crippen LogP contribution in [0, 0.1) is 0 Å². The third-order valence-electron chi connectivity index (χ3n) is 2.70. The van der Waals surface area contributed by atoms with Gasteiger partial charge in [-0.2, -0.15) is 11.8 Å². The quantitative estimate of drug-likeness (QED) is 0.846. The lowest BCUT2D eigenvalue weighted by Gasteiger charge is -2.29. The van der Waals surface area contributed by atoms with Gasteiger partial charge in [-0.1, -0.05) is 0 Å². The molecule has 15 heavy (non-hydrogen) atoms. The lowest BCUT2D eigenvalue weighted by molar-refractivity contribution is 0.0492. The number of rotatable bonds is 4. The fourth-order valence-electron chi connectivity index (χ4n) is 1.82. The first kappa shape index (κ1) is 11.0. The average Bonchev–Trinajstić information content (AvgIpc) is 2.80. The van der Waals surface area contributed by atoms with Crippen LogP contribution in [-0.2, 0) is 11.2 Å². The number of hydrogen-bond donors (Lipinski definition) is 1. The molecule has 84 valence electrons. The minimum absolute atomic E-state index is 0.323. The second-order valence-corrected chi connectivity index (χ2v) is 4.86. The number of thioether (sulfide) groups is 1. The average molecular weight is 227 g/mol. The molecule has 2 heterocycles. The van der Waals surface area contributed by atoms with Crippen molar-refractivity contribution in [2.75, 3.05) is 25.2 Å². The molecule has 1 aliphatic heterocycles. The Bertz CT molecular complexity index is 270. The zero-order chi connectivity index (χ0) is 10.5. The van der Waals surface area contributed by atoms with E-state index >= 15 is 0 Å². The molecule has 0 amide bonds. The maximum absolute atomic E-state index is 5.77. The van der Waals surface area contributed by atoms with Crippen molar-refractivity contribution in [3.05, 3.63) is 24.2 Å². The van der Waals surface area contributed by atoms with E-state index in [1.807, 2.05) is 24.9 Å². The van der Waals surface area contributed by atoms with Crippen molar-refractivity contribution in [1.29, 1.82) is 0 Å². The van der Waals surface area contributed by atoms with Crippen molar-refractivity contribution < 1.29 is 9.15 Å². The molecule has 2 atom stereocenters. The summed E-state index contributed by atoms with van der Waals surface area (Å²) < 4.78 is 10.8. The van der Waals surface area contributed by atoms with Gasteiger partial charge in [0, 0.05) is 17.5 Å². The molecule has 4 heteroatoms. The Morgan fingerprint density at radius 3 is 3.20 bits per heavy atom.